The Bertz CT molecular complexity index is 1150. The van der Waals surface area contributed by atoms with Crippen LogP contribution in [0.2, 0.25) is 5.02 Å². The number of aryl methyl sites for hydroxylation is 1. The number of carbonyl (C=O) groups excluding carboxylic acids is 2. The average Bonchev–Trinajstić information content (AvgIpc) is 3.13. The van der Waals surface area contributed by atoms with Gasteiger partial charge in [0.2, 0.25) is 5.91 Å². The van der Waals surface area contributed by atoms with Crippen LogP contribution >= 0.6 is 39.3 Å². The highest BCUT2D eigenvalue weighted by Gasteiger charge is 2.25. The Hall–Kier alpha value is -2.36. The number of nitrogens with zero attached hydrogens (tertiary/aromatic N) is 3. The number of carbonyl (C=O) groups is 2. The third-order valence-electron chi connectivity index (χ3n) is 4.95. The molecule has 7 nitrogen and oxygen atoms in total. The Morgan fingerprint density at radius 3 is 2.48 bits per heavy atom. The minimum Gasteiger partial charge on any atom is -0.342 e. The quantitative estimate of drug-likeness (QED) is 0.367. The number of halogens is 2. The Labute approximate surface area is 210 Å². The van der Waals surface area contributed by atoms with Crippen molar-refractivity contribution in [2.45, 2.75) is 32.0 Å². The molecule has 0 fully saturated rings. The van der Waals surface area contributed by atoms with Crippen molar-refractivity contribution < 1.29 is 9.59 Å². The first-order valence-corrected chi connectivity index (χ1v) is 12.5. The van der Waals surface area contributed by atoms with E-state index < -0.39 is 0 Å². The average molecular weight is 551 g/mol. The topological polar surface area (TPSA) is 88.9 Å². The second-order valence-corrected chi connectivity index (χ2v) is 10.1. The van der Waals surface area contributed by atoms with E-state index in [1.807, 2.05) is 44.5 Å². The van der Waals surface area contributed by atoms with Crippen molar-refractivity contribution in [2.24, 2.45) is 13.0 Å². The lowest BCUT2D eigenvalue weighted by atomic mass is 10.0. The number of hydrogen-bond acceptors (Lipinski definition) is 5. The van der Waals surface area contributed by atoms with Gasteiger partial charge in [0.25, 0.3) is 5.91 Å². The molecule has 1 atom stereocenters. The first-order valence-electron chi connectivity index (χ1n) is 10.3. The molecule has 2 amide bonds. The summed E-state index contributed by atoms with van der Waals surface area (Å²) in [5.74, 6) is 0.543. The number of nitrogens with one attached hydrogen (secondary N) is 2. The standard InChI is InChI=1S/C23H25BrClN5O2S/c1-13(2)20(27-22(32)15-7-5-14(3)6-8-15)21-28-29-23(30(21)4)33-12-19(31)26-16-9-10-18(25)17(24)11-16/h5-11,13,20H,12H2,1-4H3,(H,26,31)(H,27,32)/t20-/m1/s1. The molecular weight excluding hydrogens is 526 g/mol. The molecule has 0 aliphatic carbocycles. The molecule has 174 valence electrons. The summed E-state index contributed by atoms with van der Waals surface area (Å²) in [5.41, 5.74) is 2.33. The van der Waals surface area contributed by atoms with Gasteiger partial charge in [-0.15, -0.1) is 10.2 Å². The maximum atomic E-state index is 12.8. The summed E-state index contributed by atoms with van der Waals surface area (Å²) in [6.07, 6.45) is 0. The first-order chi connectivity index (χ1) is 15.7. The SMILES string of the molecule is Cc1ccc(C(=O)N[C@@H](c2nnc(SCC(=O)Nc3ccc(Cl)c(Br)c3)n2C)C(C)C)cc1. The van der Waals surface area contributed by atoms with Gasteiger partial charge < -0.3 is 15.2 Å². The molecule has 0 aliphatic heterocycles. The molecule has 1 aromatic heterocycles. The molecule has 1 heterocycles. The normalized spacial score (nSPS) is 12.0. The lowest BCUT2D eigenvalue weighted by molar-refractivity contribution is -0.113. The van der Waals surface area contributed by atoms with E-state index in [4.69, 9.17) is 11.6 Å². The van der Waals surface area contributed by atoms with Gasteiger partial charge in [-0.2, -0.15) is 0 Å². The predicted octanol–water partition coefficient (Wildman–Crippen LogP) is 5.40. The van der Waals surface area contributed by atoms with E-state index in [-0.39, 0.29) is 29.5 Å². The second kappa shape index (κ2) is 11.2. The number of anilines is 1. The number of amides is 2. The van der Waals surface area contributed by atoms with E-state index >= 15 is 0 Å². The molecule has 0 unspecified atom stereocenters. The molecule has 0 saturated heterocycles. The summed E-state index contributed by atoms with van der Waals surface area (Å²) >= 11 is 10.6. The van der Waals surface area contributed by atoms with Gasteiger partial charge in [0.05, 0.1) is 16.8 Å². The van der Waals surface area contributed by atoms with Gasteiger partial charge in [-0.25, -0.2) is 0 Å². The van der Waals surface area contributed by atoms with Crippen molar-refractivity contribution >= 4 is 56.8 Å². The summed E-state index contributed by atoms with van der Waals surface area (Å²) < 4.78 is 2.52. The first kappa shape index (κ1) is 25.3. The molecule has 3 aromatic rings. The maximum Gasteiger partial charge on any atom is 0.251 e. The monoisotopic (exact) mass is 549 g/mol. The number of rotatable bonds is 8. The van der Waals surface area contributed by atoms with Gasteiger partial charge in [-0.3, -0.25) is 9.59 Å². The van der Waals surface area contributed by atoms with Crippen molar-refractivity contribution in [3.8, 4) is 0 Å². The maximum absolute atomic E-state index is 12.8. The van der Waals surface area contributed by atoms with Crippen molar-refractivity contribution in [1.29, 1.82) is 0 Å². The number of aromatic nitrogens is 3. The van der Waals surface area contributed by atoms with Gasteiger partial charge in [-0.1, -0.05) is 54.9 Å². The largest absolute Gasteiger partial charge is 0.342 e. The van der Waals surface area contributed by atoms with E-state index in [0.717, 1.165) is 5.56 Å². The number of benzene rings is 2. The summed E-state index contributed by atoms with van der Waals surface area (Å²) in [7, 11) is 1.83. The zero-order chi connectivity index (χ0) is 24.1. The molecule has 0 spiro atoms. The molecule has 0 radical (unpaired) electrons. The van der Waals surface area contributed by atoms with Crippen LogP contribution in [0.5, 0.6) is 0 Å². The number of thioether (sulfide) groups is 1. The molecule has 0 bridgehead atoms. The van der Waals surface area contributed by atoms with Gasteiger partial charge in [0.15, 0.2) is 11.0 Å². The smallest absolute Gasteiger partial charge is 0.251 e. The van der Waals surface area contributed by atoms with Crippen LogP contribution in [0.3, 0.4) is 0 Å². The van der Waals surface area contributed by atoms with Crippen molar-refractivity contribution in [2.75, 3.05) is 11.1 Å². The fourth-order valence-corrected chi connectivity index (χ4v) is 4.30. The van der Waals surface area contributed by atoms with Crippen LogP contribution in [0, 0.1) is 12.8 Å². The van der Waals surface area contributed by atoms with Crippen LogP contribution < -0.4 is 10.6 Å². The Balaban J connectivity index is 1.65. The minimum atomic E-state index is -0.328. The Morgan fingerprint density at radius 1 is 1.15 bits per heavy atom. The van der Waals surface area contributed by atoms with Crippen molar-refractivity contribution in [3.63, 3.8) is 0 Å². The van der Waals surface area contributed by atoms with E-state index in [1.165, 1.54) is 11.8 Å². The van der Waals surface area contributed by atoms with E-state index in [2.05, 4.69) is 36.8 Å². The second-order valence-electron chi connectivity index (χ2n) is 7.93. The third-order valence-corrected chi connectivity index (χ3v) is 7.18. The minimum absolute atomic E-state index is 0.0896. The summed E-state index contributed by atoms with van der Waals surface area (Å²) in [6, 6.07) is 12.3. The molecule has 0 aliphatic rings. The van der Waals surface area contributed by atoms with E-state index in [9.17, 15) is 9.59 Å². The molecular formula is C23H25BrClN5O2S. The highest BCUT2D eigenvalue weighted by atomic mass is 79.9. The fourth-order valence-electron chi connectivity index (χ4n) is 3.08. The van der Waals surface area contributed by atoms with E-state index in [0.29, 0.717) is 31.7 Å². The van der Waals surface area contributed by atoms with Crippen LogP contribution in [-0.2, 0) is 11.8 Å². The summed E-state index contributed by atoms with van der Waals surface area (Å²) in [5, 5.41) is 15.6. The van der Waals surface area contributed by atoms with Crippen LogP contribution in [0.4, 0.5) is 5.69 Å². The van der Waals surface area contributed by atoms with Crippen molar-refractivity contribution in [3.05, 3.63) is 68.9 Å². The van der Waals surface area contributed by atoms with Crippen LogP contribution in [0.25, 0.3) is 0 Å². The highest BCUT2D eigenvalue weighted by Crippen LogP contribution is 2.27. The van der Waals surface area contributed by atoms with Crippen molar-refractivity contribution in [1.82, 2.24) is 20.1 Å². The van der Waals surface area contributed by atoms with Crippen LogP contribution in [0.15, 0.2) is 52.1 Å². The van der Waals surface area contributed by atoms with Crippen LogP contribution in [0.1, 0.15) is 41.6 Å². The predicted molar refractivity (Wildman–Crippen MR) is 136 cm³/mol. The summed E-state index contributed by atoms with van der Waals surface area (Å²) in [6.45, 7) is 6.00. The molecule has 2 aromatic carbocycles. The lowest BCUT2D eigenvalue weighted by Crippen LogP contribution is -2.33. The fraction of sp³-hybridized carbons (Fsp3) is 0.304. The third kappa shape index (κ3) is 6.59. The zero-order valence-electron chi connectivity index (χ0n) is 18.7. The van der Waals surface area contributed by atoms with Gasteiger partial charge >= 0.3 is 0 Å². The molecule has 10 heteroatoms. The van der Waals surface area contributed by atoms with Gasteiger partial charge in [0, 0.05) is 22.8 Å². The molecule has 3 rings (SSSR count). The lowest BCUT2D eigenvalue weighted by Gasteiger charge is -2.21. The Morgan fingerprint density at radius 2 is 1.85 bits per heavy atom. The van der Waals surface area contributed by atoms with Gasteiger partial charge in [-0.05, 0) is 59.1 Å². The van der Waals surface area contributed by atoms with E-state index in [1.54, 1.807) is 30.3 Å². The molecule has 0 saturated carbocycles. The van der Waals surface area contributed by atoms with Gasteiger partial charge in [0.1, 0.15) is 0 Å². The molecule has 33 heavy (non-hydrogen) atoms. The Kier molecular flexibility index (Phi) is 8.56. The zero-order valence-corrected chi connectivity index (χ0v) is 21.9. The van der Waals surface area contributed by atoms with Crippen LogP contribution in [-0.4, -0.2) is 32.3 Å². The molecule has 2 N–H and O–H groups in total. The summed E-state index contributed by atoms with van der Waals surface area (Å²) in [4.78, 5) is 25.1. The highest BCUT2D eigenvalue weighted by molar-refractivity contribution is 9.10. The number of hydrogen-bond donors (Lipinski definition) is 2.